The first kappa shape index (κ1) is 20.7. The van der Waals surface area contributed by atoms with Gasteiger partial charge in [0.15, 0.2) is 6.61 Å². The summed E-state index contributed by atoms with van der Waals surface area (Å²) in [7, 11) is -3.73. The molecule has 2 amide bonds. The van der Waals surface area contributed by atoms with Gasteiger partial charge in [0.2, 0.25) is 10.0 Å². The Kier molecular flexibility index (Phi) is 6.09. The number of nitrogens with one attached hydrogen (secondary N) is 2. The lowest BCUT2D eigenvalue weighted by Crippen LogP contribution is -2.34. The molecule has 0 aromatic heterocycles. The van der Waals surface area contributed by atoms with Crippen molar-refractivity contribution in [2.24, 2.45) is 0 Å². The molecule has 0 heterocycles. The van der Waals surface area contributed by atoms with Crippen LogP contribution in [0.3, 0.4) is 0 Å². The molecule has 29 heavy (non-hydrogen) atoms. The zero-order chi connectivity index (χ0) is 21.0. The first-order valence-electron chi connectivity index (χ1n) is 8.95. The van der Waals surface area contributed by atoms with Gasteiger partial charge >= 0.3 is 5.97 Å². The molecule has 9 heteroatoms. The molecular weight excluding hydrogens is 396 g/mol. The smallest absolute Gasteiger partial charge is 0.338 e. The molecule has 2 aromatic rings. The highest BCUT2D eigenvalue weighted by molar-refractivity contribution is 7.89. The second kappa shape index (κ2) is 8.54. The second-order valence-electron chi connectivity index (χ2n) is 6.69. The fourth-order valence-electron chi connectivity index (χ4n) is 2.51. The molecule has 152 valence electrons. The molecule has 8 nitrogen and oxygen atoms in total. The van der Waals surface area contributed by atoms with Crippen LogP contribution in [0.4, 0.5) is 0 Å². The number of amides is 2. The minimum atomic E-state index is -3.73. The number of imide groups is 1. The number of ether oxygens (including phenoxy) is 1. The Bertz CT molecular complexity index is 1050. The third kappa shape index (κ3) is 5.49. The van der Waals surface area contributed by atoms with E-state index in [0.717, 1.165) is 12.8 Å². The van der Waals surface area contributed by atoms with Crippen molar-refractivity contribution in [3.63, 3.8) is 0 Å². The highest BCUT2D eigenvalue weighted by atomic mass is 32.2. The number of rotatable bonds is 7. The van der Waals surface area contributed by atoms with Crippen LogP contribution in [0.25, 0.3) is 0 Å². The van der Waals surface area contributed by atoms with Crippen LogP contribution >= 0.6 is 0 Å². The van der Waals surface area contributed by atoms with Crippen molar-refractivity contribution in [3.8, 4) is 0 Å². The van der Waals surface area contributed by atoms with Gasteiger partial charge in [0.25, 0.3) is 11.8 Å². The summed E-state index contributed by atoms with van der Waals surface area (Å²) in [6, 6.07) is 12.2. The summed E-state index contributed by atoms with van der Waals surface area (Å²) in [4.78, 5) is 36.1. The van der Waals surface area contributed by atoms with E-state index < -0.39 is 34.4 Å². The number of sulfonamides is 1. The Morgan fingerprint density at radius 2 is 1.76 bits per heavy atom. The normalized spacial score (nSPS) is 13.6. The molecule has 0 spiro atoms. The van der Waals surface area contributed by atoms with Crippen molar-refractivity contribution in [1.29, 1.82) is 0 Å². The number of esters is 1. The van der Waals surface area contributed by atoms with Crippen LogP contribution in [-0.2, 0) is 19.6 Å². The van der Waals surface area contributed by atoms with Crippen LogP contribution in [-0.4, -0.2) is 38.9 Å². The van der Waals surface area contributed by atoms with E-state index in [1.165, 1.54) is 18.2 Å². The average Bonchev–Trinajstić information content (AvgIpc) is 3.50. The second-order valence-corrected chi connectivity index (χ2v) is 8.41. The fourth-order valence-corrected chi connectivity index (χ4v) is 3.84. The lowest BCUT2D eigenvalue weighted by atomic mass is 10.1. The van der Waals surface area contributed by atoms with E-state index in [1.54, 1.807) is 37.3 Å². The molecule has 1 fully saturated rings. The van der Waals surface area contributed by atoms with E-state index in [2.05, 4.69) is 10.0 Å². The molecule has 1 aliphatic rings. The maximum absolute atomic E-state index is 12.3. The summed E-state index contributed by atoms with van der Waals surface area (Å²) in [6.07, 6.45) is 1.58. The SMILES string of the molecule is Cc1ccc(S(=O)(=O)NC2CC2)cc1C(=O)OCC(=O)NC(=O)c1ccccc1. The van der Waals surface area contributed by atoms with E-state index in [0.29, 0.717) is 11.1 Å². The minimum Gasteiger partial charge on any atom is -0.452 e. The fraction of sp³-hybridized carbons (Fsp3) is 0.250. The molecule has 1 aliphatic carbocycles. The van der Waals surface area contributed by atoms with Gasteiger partial charge in [-0.25, -0.2) is 17.9 Å². The average molecular weight is 416 g/mol. The highest BCUT2D eigenvalue weighted by Crippen LogP contribution is 2.23. The number of benzene rings is 2. The summed E-state index contributed by atoms with van der Waals surface area (Å²) in [6.45, 7) is 0.953. The zero-order valence-corrected chi connectivity index (χ0v) is 16.5. The molecule has 0 radical (unpaired) electrons. The summed E-state index contributed by atoms with van der Waals surface area (Å²) >= 11 is 0. The topological polar surface area (TPSA) is 119 Å². The first-order valence-corrected chi connectivity index (χ1v) is 10.4. The van der Waals surface area contributed by atoms with Gasteiger partial charge in [-0.05, 0) is 49.6 Å². The Balaban J connectivity index is 1.62. The van der Waals surface area contributed by atoms with Gasteiger partial charge in [0.1, 0.15) is 0 Å². The Hall–Kier alpha value is -3.04. The van der Waals surface area contributed by atoms with Crippen LogP contribution in [0.5, 0.6) is 0 Å². The molecular formula is C20H20N2O6S. The Morgan fingerprint density at radius 3 is 2.41 bits per heavy atom. The molecule has 0 aliphatic heterocycles. The standard InChI is InChI=1S/C20H20N2O6S/c1-13-7-10-16(29(26,27)22-15-8-9-15)11-17(13)20(25)28-12-18(23)21-19(24)14-5-3-2-4-6-14/h2-7,10-11,15,22H,8-9,12H2,1H3,(H,21,23,24). The van der Waals surface area contributed by atoms with Crippen molar-refractivity contribution in [2.45, 2.75) is 30.7 Å². The van der Waals surface area contributed by atoms with Gasteiger partial charge in [-0.15, -0.1) is 0 Å². The monoisotopic (exact) mass is 416 g/mol. The van der Waals surface area contributed by atoms with Gasteiger partial charge in [0, 0.05) is 11.6 Å². The van der Waals surface area contributed by atoms with Crippen LogP contribution in [0, 0.1) is 6.92 Å². The molecule has 0 atom stereocenters. The Morgan fingerprint density at radius 1 is 1.07 bits per heavy atom. The van der Waals surface area contributed by atoms with Crippen molar-refractivity contribution >= 4 is 27.8 Å². The summed E-state index contributed by atoms with van der Waals surface area (Å²) < 4.78 is 32.1. The number of aryl methyl sites for hydroxylation is 1. The van der Waals surface area contributed by atoms with Gasteiger partial charge < -0.3 is 4.74 Å². The predicted octanol–water partition coefficient (Wildman–Crippen LogP) is 1.55. The molecule has 2 aromatic carbocycles. The van der Waals surface area contributed by atoms with Gasteiger partial charge in [-0.1, -0.05) is 24.3 Å². The number of carbonyl (C=O) groups is 3. The van der Waals surface area contributed by atoms with E-state index in [9.17, 15) is 22.8 Å². The lowest BCUT2D eigenvalue weighted by Gasteiger charge is -2.10. The lowest BCUT2D eigenvalue weighted by molar-refractivity contribution is -0.123. The summed E-state index contributed by atoms with van der Waals surface area (Å²) in [5.74, 6) is -2.25. The molecule has 0 saturated heterocycles. The third-order valence-electron chi connectivity index (χ3n) is 4.26. The molecule has 0 bridgehead atoms. The first-order chi connectivity index (χ1) is 13.8. The van der Waals surface area contributed by atoms with Gasteiger partial charge in [-0.2, -0.15) is 0 Å². The molecule has 2 N–H and O–H groups in total. The van der Waals surface area contributed by atoms with Crippen molar-refractivity contribution in [1.82, 2.24) is 10.0 Å². The zero-order valence-electron chi connectivity index (χ0n) is 15.7. The summed E-state index contributed by atoms with van der Waals surface area (Å²) in [5.41, 5.74) is 0.830. The molecule has 1 saturated carbocycles. The Labute approximate surface area is 168 Å². The predicted molar refractivity (Wildman–Crippen MR) is 104 cm³/mol. The van der Waals surface area contributed by atoms with Crippen LogP contribution in [0.2, 0.25) is 0 Å². The summed E-state index contributed by atoms with van der Waals surface area (Å²) in [5, 5.41) is 2.12. The van der Waals surface area contributed by atoms with Gasteiger partial charge in [-0.3, -0.25) is 14.9 Å². The van der Waals surface area contributed by atoms with E-state index >= 15 is 0 Å². The number of hydrogen-bond donors (Lipinski definition) is 2. The highest BCUT2D eigenvalue weighted by Gasteiger charge is 2.28. The van der Waals surface area contributed by atoms with E-state index in [-0.39, 0.29) is 16.5 Å². The quantitative estimate of drug-likeness (QED) is 0.661. The number of carbonyl (C=O) groups excluding carboxylic acids is 3. The maximum atomic E-state index is 12.3. The molecule has 3 rings (SSSR count). The number of hydrogen-bond acceptors (Lipinski definition) is 6. The maximum Gasteiger partial charge on any atom is 0.338 e. The van der Waals surface area contributed by atoms with E-state index in [4.69, 9.17) is 4.74 Å². The van der Waals surface area contributed by atoms with Crippen LogP contribution < -0.4 is 10.0 Å². The van der Waals surface area contributed by atoms with Crippen molar-refractivity contribution in [3.05, 3.63) is 65.2 Å². The largest absolute Gasteiger partial charge is 0.452 e. The third-order valence-corrected chi connectivity index (χ3v) is 5.78. The van der Waals surface area contributed by atoms with E-state index in [1.807, 2.05) is 0 Å². The van der Waals surface area contributed by atoms with Crippen molar-refractivity contribution in [2.75, 3.05) is 6.61 Å². The van der Waals surface area contributed by atoms with Gasteiger partial charge in [0.05, 0.1) is 10.5 Å². The van der Waals surface area contributed by atoms with Crippen LogP contribution in [0.1, 0.15) is 39.1 Å². The minimum absolute atomic E-state index is 0.0332. The van der Waals surface area contributed by atoms with Crippen LogP contribution in [0.15, 0.2) is 53.4 Å². The van der Waals surface area contributed by atoms with Crippen molar-refractivity contribution < 1.29 is 27.5 Å². The molecule has 0 unspecified atom stereocenters.